The Bertz CT molecular complexity index is 578. The number of rotatable bonds is 5. The highest BCUT2D eigenvalue weighted by molar-refractivity contribution is 7.89. The SMILES string of the molecule is CCC(=O)C(C)NS(=O)(=O)c1c(F)cc(F)cc1F. The zero-order valence-electron chi connectivity index (χ0n) is 10.2. The lowest BCUT2D eigenvalue weighted by molar-refractivity contribution is -0.119. The zero-order valence-corrected chi connectivity index (χ0v) is 11.0. The minimum atomic E-state index is -4.58. The Labute approximate surface area is 108 Å². The number of carbonyl (C=O) groups excluding carboxylic acids is 1. The van der Waals surface area contributed by atoms with Gasteiger partial charge in [0.1, 0.15) is 23.2 Å². The third-order valence-corrected chi connectivity index (χ3v) is 3.99. The van der Waals surface area contributed by atoms with E-state index in [0.717, 1.165) is 0 Å². The molecule has 0 aliphatic rings. The number of nitrogens with one attached hydrogen (secondary N) is 1. The minimum Gasteiger partial charge on any atom is -0.298 e. The highest BCUT2D eigenvalue weighted by Gasteiger charge is 2.28. The summed E-state index contributed by atoms with van der Waals surface area (Å²) in [6, 6.07) is -0.618. The fourth-order valence-electron chi connectivity index (χ4n) is 1.45. The summed E-state index contributed by atoms with van der Waals surface area (Å²) < 4.78 is 64.7. The van der Waals surface area contributed by atoms with Crippen molar-refractivity contribution in [1.82, 2.24) is 4.72 Å². The second kappa shape index (κ2) is 5.70. The quantitative estimate of drug-likeness (QED) is 0.900. The first-order valence-electron chi connectivity index (χ1n) is 5.38. The van der Waals surface area contributed by atoms with E-state index in [4.69, 9.17) is 0 Å². The van der Waals surface area contributed by atoms with Crippen LogP contribution in [0.15, 0.2) is 17.0 Å². The summed E-state index contributed by atoms with van der Waals surface area (Å²) in [4.78, 5) is 9.97. The molecule has 0 radical (unpaired) electrons. The van der Waals surface area contributed by atoms with Gasteiger partial charge >= 0.3 is 0 Å². The van der Waals surface area contributed by atoms with Gasteiger partial charge in [-0.25, -0.2) is 26.3 Å². The van der Waals surface area contributed by atoms with E-state index in [1.165, 1.54) is 13.8 Å². The zero-order chi connectivity index (χ0) is 14.8. The molecule has 0 fully saturated rings. The molecule has 0 aliphatic carbocycles. The van der Waals surface area contributed by atoms with Crippen molar-refractivity contribution in [2.45, 2.75) is 31.2 Å². The van der Waals surface area contributed by atoms with Crippen LogP contribution < -0.4 is 4.72 Å². The molecule has 1 aromatic carbocycles. The van der Waals surface area contributed by atoms with E-state index >= 15 is 0 Å². The highest BCUT2D eigenvalue weighted by atomic mass is 32.2. The highest BCUT2D eigenvalue weighted by Crippen LogP contribution is 2.20. The normalized spacial score (nSPS) is 13.3. The fraction of sp³-hybridized carbons (Fsp3) is 0.364. The van der Waals surface area contributed by atoms with Gasteiger partial charge in [-0.3, -0.25) is 4.79 Å². The van der Waals surface area contributed by atoms with Gasteiger partial charge < -0.3 is 0 Å². The van der Waals surface area contributed by atoms with E-state index in [2.05, 4.69) is 0 Å². The van der Waals surface area contributed by atoms with Gasteiger partial charge in [0.2, 0.25) is 10.0 Å². The van der Waals surface area contributed by atoms with Crippen molar-refractivity contribution >= 4 is 15.8 Å². The first-order valence-corrected chi connectivity index (χ1v) is 6.87. The van der Waals surface area contributed by atoms with Crippen LogP contribution in [0.3, 0.4) is 0 Å². The molecule has 0 bridgehead atoms. The van der Waals surface area contributed by atoms with Crippen molar-refractivity contribution in [3.05, 3.63) is 29.6 Å². The number of ketones is 1. The maximum absolute atomic E-state index is 13.4. The van der Waals surface area contributed by atoms with Crippen LogP contribution in [-0.2, 0) is 14.8 Å². The van der Waals surface area contributed by atoms with E-state index in [-0.39, 0.29) is 18.6 Å². The average Bonchev–Trinajstić information content (AvgIpc) is 2.24. The Balaban J connectivity index is 3.18. The number of carbonyl (C=O) groups is 1. The van der Waals surface area contributed by atoms with Crippen molar-refractivity contribution in [1.29, 1.82) is 0 Å². The van der Waals surface area contributed by atoms with Gasteiger partial charge in [-0.2, -0.15) is 0 Å². The Morgan fingerprint density at radius 1 is 1.26 bits per heavy atom. The molecule has 1 atom stereocenters. The molecule has 0 saturated carbocycles. The Morgan fingerprint density at radius 2 is 1.74 bits per heavy atom. The maximum Gasteiger partial charge on any atom is 0.247 e. The standard InChI is InChI=1S/C11H12F3NO3S/c1-3-10(16)6(2)15-19(17,18)11-8(13)4-7(12)5-9(11)14/h4-6,15H,3H2,1-2H3. The van der Waals surface area contributed by atoms with Crippen molar-refractivity contribution in [3.63, 3.8) is 0 Å². The molecule has 19 heavy (non-hydrogen) atoms. The largest absolute Gasteiger partial charge is 0.298 e. The molecule has 0 heterocycles. The second-order valence-corrected chi connectivity index (χ2v) is 5.51. The van der Waals surface area contributed by atoms with Crippen LogP contribution in [0.2, 0.25) is 0 Å². The van der Waals surface area contributed by atoms with E-state index < -0.39 is 44.2 Å². The molecule has 1 unspecified atom stereocenters. The van der Waals surface area contributed by atoms with Crippen molar-refractivity contribution < 1.29 is 26.4 Å². The monoisotopic (exact) mass is 295 g/mol. The molecule has 106 valence electrons. The average molecular weight is 295 g/mol. The molecule has 0 aliphatic heterocycles. The minimum absolute atomic E-state index is 0.0675. The van der Waals surface area contributed by atoms with E-state index in [1.54, 1.807) is 0 Å². The molecule has 1 rings (SSSR count). The second-order valence-electron chi connectivity index (χ2n) is 3.86. The van der Waals surface area contributed by atoms with Crippen LogP contribution in [0, 0.1) is 17.5 Å². The van der Waals surface area contributed by atoms with Crippen LogP contribution in [0.5, 0.6) is 0 Å². The molecule has 4 nitrogen and oxygen atoms in total. The van der Waals surface area contributed by atoms with Crippen LogP contribution in [0.4, 0.5) is 13.2 Å². The van der Waals surface area contributed by atoms with E-state index in [1.807, 2.05) is 4.72 Å². The summed E-state index contributed by atoms with van der Waals surface area (Å²) in [5, 5.41) is 0. The maximum atomic E-state index is 13.4. The molecule has 0 aromatic heterocycles. The summed E-state index contributed by atoms with van der Waals surface area (Å²) in [6.45, 7) is 2.77. The molecule has 1 N–H and O–H groups in total. The summed E-state index contributed by atoms with van der Waals surface area (Å²) in [5.74, 6) is -4.78. The molecule has 0 saturated heterocycles. The fourth-order valence-corrected chi connectivity index (χ4v) is 2.80. The number of halogens is 3. The van der Waals surface area contributed by atoms with Crippen LogP contribution in [0.1, 0.15) is 20.3 Å². The number of Topliss-reactive ketones (excluding diaryl/α,β-unsaturated/α-hetero) is 1. The number of sulfonamides is 1. The summed E-state index contributed by atoms with van der Waals surface area (Å²) in [7, 11) is -4.58. The molecular formula is C11H12F3NO3S. The lowest BCUT2D eigenvalue weighted by atomic mass is 10.2. The Hall–Kier alpha value is -1.41. The molecule has 0 amide bonds. The molecular weight excluding hydrogens is 283 g/mol. The van der Waals surface area contributed by atoms with Gasteiger partial charge in [-0.15, -0.1) is 0 Å². The van der Waals surface area contributed by atoms with Gasteiger partial charge in [0.15, 0.2) is 4.90 Å². The van der Waals surface area contributed by atoms with E-state index in [0.29, 0.717) is 0 Å². The van der Waals surface area contributed by atoms with Crippen LogP contribution in [0.25, 0.3) is 0 Å². The molecule has 1 aromatic rings. The smallest absolute Gasteiger partial charge is 0.247 e. The summed E-state index contributed by atoms with van der Waals surface area (Å²) in [6.07, 6.45) is 0.0675. The Morgan fingerprint density at radius 3 is 2.16 bits per heavy atom. The topological polar surface area (TPSA) is 63.2 Å². The predicted molar refractivity (Wildman–Crippen MR) is 61.4 cm³/mol. The van der Waals surface area contributed by atoms with Gasteiger partial charge in [-0.05, 0) is 6.92 Å². The third kappa shape index (κ3) is 3.54. The van der Waals surface area contributed by atoms with Gasteiger partial charge in [0.05, 0.1) is 6.04 Å². The lowest BCUT2D eigenvalue weighted by Crippen LogP contribution is -2.38. The number of benzene rings is 1. The molecule has 0 spiro atoms. The van der Waals surface area contributed by atoms with Crippen molar-refractivity contribution in [3.8, 4) is 0 Å². The van der Waals surface area contributed by atoms with Crippen molar-refractivity contribution in [2.24, 2.45) is 0 Å². The predicted octanol–water partition coefficient (Wildman–Crippen LogP) is 1.75. The third-order valence-electron chi connectivity index (χ3n) is 2.40. The summed E-state index contributed by atoms with van der Waals surface area (Å²) in [5.41, 5.74) is 0. The molecule has 8 heteroatoms. The summed E-state index contributed by atoms with van der Waals surface area (Å²) >= 11 is 0. The first-order chi connectivity index (χ1) is 8.69. The van der Waals surface area contributed by atoms with Crippen molar-refractivity contribution in [2.75, 3.05) is 0 Å². The number of hydrogen-bond donors (Lipinski definition) is 1. The Kier molecular flexibility index (Phi) is 4.70. The van der Waals surface area contributed by atoms with Gasteiger partial charge in [-0.1, -0.05) is 6.92 Å². The van der Waals surface area contributed by atoms with E-state index in [9.17, 15) is 26.4 Å². The van der Waals surface area contributed by atoms with Crippen LogP contribution in [-0.4, -0.2) is 20.2 Å². The first kappa shape index (κ1) is 15.6. The lowest BCUT2D eigenvalue weighted by Gasteiger charge is -2.13. The van der Waals surface area contributed by atoms with Crippen LogP contribution >= 0.6 is 0 Å². The number of hydrogen-bond acceptors (Lipinski definition) is 3. The van der Waals surface area contributed by atoms with Gasteiger partial charge in [0, 0.05) is 18.6 Å². The van der Waals surface area contributed by atoms with Gasteiger partial charge in [0.25, 0.3) is 0 Å².